The molecule has 1 amide bonds. The lowest BCUT2D eigenvalue weighted by atomic mass is 10.0. The van der Waals surface area contributed by atoms with Gasteiger partial charge in [-0.05, 0) is 41.6 Å². The zero-order valence-corrected chi connectivity index (χ0v) is 17.6. The first-order valence-electron chi connectivity index (χ1n) is 8.82. The van der Waals surface area contributed by atoms with E-state index in [4.69, 9.17) is 0 Å². The number of rotatable bonds is 5. The van der Waals surface area contributed by atoms with Gasteiger partial charge >= 0.3 is 0 Å². The van der Waals surface area contributed by atoms with Crippen molar-refractivity contribution in [1.82, 2.24) is 9.78 Å². The van der Waals surface area contributed by atoms with E-state index in [1.807, 2.05) is 53.9 Å². The largest absolute Gasteiger partial charge is 0.306 e. The zero-order chi connectivity index (χ0) is 19.5. The molecule has 4 aromatic rings. The van der Waals surface area contributed by atoms with Crippen molar-refractivity contribution in [3.63, 3.8) is 0 Å². The molecule has 0 saturated carbocycles. The van der Waals surface area contributed by atoms with Crippen LogP contribution in [0.1, 0.15) is 20.8 Å². The summed E-state index contributed by atoms with van der Waals surface area (Å²) in [6, 6.07) is 20.1. The Morgan fingerprint density at radius 1 is 1.07 bits per heavy atom. The first-order chi connectivity index (χ1) is 13.6. The SMILES string of the molecule is Cc1ccc(-c2ccsc2C(=O)Nc2ccnn2Cc2ccc(Br)cc2)cc1. The molecule has 0 aliphatic rings. The van der Waals surface area contributed by atoms with E-state index in [0.29, 0.717) is 17.2 Å². The number of amides is 1. The van der Waals surface area contributed by atoms with Gasteiger partial charge in [-0.3, -0.25) is 4.79 Å². The molecule has 0 fully saturated rings. The Morgan fingerprint density at radius 3 is 2.57 bits per heavy atom. The maximum absolute atomic E-state index is 12.9. The standard InChI is InChI=1S/C22H18BrN3OS/c1-15-2-6-17(7-3-15)19-11-13-28-21(19)22(27)25-20-10-12-24-26(20)14-16-4-8-18(23)9-5-16/h2-13H,14H2,1H3,(H,25,27). The molecule has 0 spiro atoms. The van der Waals surface area contributed by atoms with Crippen LogP contribution in [0.5, 0.6) is 0 Å². The third-order valence-electron chi connectivity index (χ3n) is 4.44. The van der Waals surface area contributed by atoms with Gasteiger partial charge < -0.3 is 5.32 Å². The summed E-state index contributed by atoms with van der Waals surface area (Å²) in [6.45, 7) is 2.64. The molecule has 0 radical (unpaired) electrons. The van der Waals surface area contributed by atoms with Crippen molar-refractivity contribution in [3.8, 4) is 11.1 Å². The van der Waals surface area contributed by atoms with E-state index in [1.165, 1.54) is 16.9 Å². The molecule has 0 bridgehead atoms. The van der Waals surface area contributed by atoms with Crippen molar-refractivity contribution in [3.05, 3.63) is 92.7 Å². The van der Waals surface area contributed by atoms with E-state index < -0.39 is 0 Å². The van der Waals surface area contributed by atoms with E-state index >= 15 is 0 Å². The third-order valence-corrected chi connectivity index (χ3v) is 5.88. The molecule has 140 valence electrons. The van der Waals surface area contributed by atoms with Crippen LogP contribution in [0.4, 0.5) is 5.82 Å². The second-order valence-electron chi connectivity index (χ2n) is 6.48. The van der Waals surface area contributed by atoms with Gasteiger partial charge in [0.05, 0.1) is 12.7 Å². The summed E-state index contributed by atoms with van der Waals surface area (Å²) >= 11 is 4.89. The third kappa shape index (κ3) is 4.08. The smallest absolute Gasteiger partial charge is 0.267 e. The molecule has 0 aliphatic heterocycles. The number of carbonyl (C=O) groups excluding carboxylic acids is 1. The fraction of sp³-hybridized carbons (Fsp3) is 0.0909. The molecule has 2 aromatic heterocycles. The lowest BCUT2D eigenvalue weighted by Gasteiger charge is -2.10. The van der Waals surface area contributed by atoms with E-state index in [1.54, 1.807) is 10.9 Å². The number of hydrogen-bond acceptors (Lipinski definition) is 3. The molecule has 0 aliphatic carbocycles. The molecule has 28 heavy (non-hydrogen) atoms. The summed E-state index contributed by atoms with van der Waals surface area (Å²) < 4.78 is 2.83. The summed E-state index contributed by atoms with van der Waals surface area (Å²) in [5.74, 6) is 0.555. The number of aryl methyl sites for hydroxylation is 1. The van der Waals surface area contributed by atoms with Gasteiger partial charge in [-0.15, -0.1) is 11.3 Å². The Balaban J connectivity index is 1.54. The average Bonchev–Trinajstić information content (AvgIpc) is 3.34. The number of anilines is 1. The van der Waals surface area contributed by atoms with Crippen molar-refractivity contribution in [2.45, 2.75) is 13.5 Å². The lowest BCUT2D eigenvalue weighted by Crippen LogP contribution is -2.15. The highest BCUT2D eigenvalue weighted by atomic mass is 79.9. The van der Waals surface area contributed by atoms with Gasteiger partial charge in [0.15, 0.2) is 0 Å². The number of hydrogen-bond donors (Lipinski definition) is 1. The highest BCUT2D eigenvalue weighted by Crippen LogP contribution is 2.29. The Bertz CT molecular complexity index is 1100. The number of halogens is 1. The second kappa shape index (κ2) is 8.12. The summed E-state index contributed by atoms with van der Waals surface area (Å²) in [7, 11) is 0. The summed E-state index contributed by atoms with van der Waals surface area (Å²) in [4.78, 5) is 13.6. The predicted octanol–water partition coefficient (Wildman–Crippen LogP) is 5.98. The van der Waals surface area contributed by atoms with E-state index in [2.05, 4.69) is 45.4 Å². The molecule has 0 unspecified atom stereocenters. The first-order valence-corrected chi connectivity index (χ1v) is 10.5. The van der Waals surface area contributed by atoms with Crippen LogP contribution < -0.4 is 5.32 Å². The highest BCUT2D eigenvalue weighted by Gasteiger charge is 2.16. The molecular weight excluding hydrogens is 434 g/mol. The van der Waals surface area contributed by atoms with Crippen molar-refractivity contribution in [1.29, 1.82) is 0 Å². The van der Waals surface area contributed by atoms with Crippen LogP contribution in [0.25, 0.3) is 11.1 Å². The fourth-order valence-electron chi connectivity index (χ4n) is 2.95. The lowest BCUT2D eigenvalue weighted by molar-refractivity contribution is 0.103. The Hall–Kier alpha value is -2.70. The molecule has 0 atom stereocenters. The first kappa shape index (κ1) is 18.7. The van der Waals surface area contributed by atoms with Crippen molar-refractivity contribution in [2.75, 3.05) is 5.32 Å². The van der Waals surface area contributed by atoms with Crippen molar-refractivity contribution >= 4 is 39.0 Å². The van der Waals surface area contributed by atoms with Crippen LogP contribution in [0.3, 0.4) is 0 Å². The fourth-order valence-corrected chi connectivity index (χ4v) is 4.02. The van der Waals surface area contributed by atoms with Crippen molar-refractivity contribution in [2.24, 2.45) is 0 Å². The van der Waals surface area contributed by atoms with Crippen molar-refractivity contribution < 1.29 is 4.79 Å². The minimum Gasteiger partial charge on any atom is -0.306 e. The number of aromatic nitrogens is 2. The van der Waals surface area contributed by atoms with Gasteiger partial charge in [0.25, 0.3) is 5.91 Å². The quantitative estimate of drug-likeness (QED) is 0.405. The normalized spacial score (nSPS) is 10.8. The van der Waals surface area contributed by atoms with Crippen LogP contribution in [0, 0.1) is 6.92 Å². The monoisotopic (exact) mass is 451 g/mol. The Labute approximate surface area is 176 Å². The summed E-state index contributed by atoms with van der Waals surface area (Å²) in [5, 5.41) is 9.31. The highest BCUT2D eigenvalue weighted by molar-refractivity contribution is 9.10. The van der Waals surface area contributed by atoms with Gasteiger partial charge in [-0.2, -0.15) is 5.10 Å². The predicted molar refractivity (Wildman–Crippen MR) is 118 cm³/mol. The van der Waals surface area contributed by atoms with Gasteiger partial charge in [0.2, 0.25) is 0 Å². The molecular formula is C22H18BrN3OS. The number of benzene rings is 2. The molecule has 4 nitrogen and oxygen atoms in total. The Kier molecular flexibility index (Phi) is 5.41. The van der Waals surface area contributed by atoms with E-state index in [-0.39, 0.29) is 5.91 Å². The average molecular weight is 452 g/mol. The number of carbonyl (C=O) groups is 1. The van der Waals surface area contributed by atoms with E-state index in [0.717, 1.165) is 21.2 Å². The van der Waals surface area contributed by atoms with Crippen LogP contribution >= 0.6 is 27.3 Å². The minimum atomic E-state index is -0.122. The maximum Gasteiger partial charge on any atom is 0.267 e. The second-order valence-corrected chi connectivity index (χ2v) is 8.32. The topological polar surface area (TPSA) is 46.9 Å². The zero-order valence-electron chi connectivity index (χ0n) is 15.2. The number of nitrogens with zero attached hydrogens (tertiary/aromatic N) is 2. The van der Waals surface area contributed by atoms with Crippen LogP contribution in [-0.2, 0) is 6.54 Å². The summed E-state index contributed by atoms with van der Waals surface area (Å²) in [6.07, 6.45) is 1.70. The van der Waals surface area contributed by atoms with Gasteiger partial charge in [-0.25, -0.2) is 4.68 Å². The van der Waals surface area contributed by atoms with Crippen LogP contribution in [0.2, 0.25) is 0 Å². The van der Waals surface area contributed by atoms with Crippen LogP contribution in [0.15, 0.2) is 76.7 Å². The molecule has 6 heteroatoms. The van der Waals surface area contributed by atoms with Gasteiger partial charge in [0.1, 0.15) is 10.7 Å². The summed E-state index contributed by atoms with van der Waals surface area (Å²) in [5.41, 5.74) is 4.29. The molecule has 2 aromatic carbocycles. The van der Waals surface area contributed by atoms with Gasteiger partial charge in [0, 0.05) is 16.1 Å². The molecule has 4 rings (SSSR count). The van der Waals surface area contributed by atoms with E-state index in [9.17, 15) is 4.79 Å². The van der Waals surface area contributed by atoms with Crippen LogP contribution in [-0.4, -0.2) is 15.7 Å². The molecule has 1 N–H and O–H groups in total. The Morgan fingerprint density at radius 2 is 1.82 bits per heavy atom. The minimum absolute atomic E-state index is 0.122. The van der Waals surface area contributed by atoms with Gasteiger partial charge in [-0.1, -0.05) is 57.9 Å². The number of nitrogens with one attached hydrogen (secondary N) is 1. The maximum atomic E-state index is 12.9. The molecule has 2 heterocycles. The number of thiophene rings is 1. The molecule has 0 saturated heterocycles.